The van der Waals surface area contributed by atoms with E-state index in [-0.39, 0.29) is 5.56 Å². The largest absolute Gasteiger partial charge is 0.478 e. The molecule has 0 aliphatic carbocycles. The zero-order chi connectivity index (χ0) is 11.8. The molecule has 82 valence electrons. The van der Waals surface area contributed by atoms with Gasteiger partial charge in [0.05, 0.1) is 16.3 Å². The number of carbonyl (C=O) groups is 1. The summed E-state index contributed by atoms with van der Waals surface area (Å²) in [7, 11) is -4.50. The molecule has 15 heavy (non-hydrogen) atoms. The van der Waals surface area contributed by atoms with Gasteiger partial charge in [0.1, 0.15) is 4.90 Å². The third kappa shape index (κ3) is 2.20. The number of nitrogen functional groups attached to an aromatic ring is 1. The summed E-state index contributed by atoms with van der Waals surface area (Å²) in [5, 5.41) is 8.21. The van der Waals surface area contributed by atoms with E-state index in [1.807, 2.05) is 0 Å². The fourth-order valence-electron chi connectivity index (χ4n) is 0.965. The van der Waals surface area contributed by atoms with E-state index in [9.17, 15) is 13.2 Å². The van der Waals surface area contributed by atoms with Crippen LogP contribution in [-0.4, -0.2) is 24.0 Å². The van der Waals surface area contributed by atoms with Crippen LogP contribution in [0.5, 0.6) is 0 Å². The van der Waals surface area contributed by atoms with Gasteiger partial charge >= 0.3 is 5.97 Å². The van der Waals surface area contributed by atoms with Crippen LogP contribution in [0.4, 0.5) is 5.69 Å². The van der Waals surface area contributed by atoms with Crippen molar-refractivity contribution in [1.29, 1.82) is 0 Å². The Labute approximate surface area is 90.0 Å². The maximum atomic E-state index is 10.8. The topological polar surface area (TPSA) is 118 Å². The quantitative estimate of drug-likeness (QED) is 0.530. The highest BCUT2D eigenvalue weighted by molar-refractivity contribution is 7.86. The summed E-state index contributed by atoms with van der Waals surface area (Å²) in [6.07, 6.45) is 0. The summed E-state index contributed by atoms with van der Waals surface area (Å²) in [5.74, 6) is -1.34. The molecular weight excluding hydrogens is 246 g/mol. The van der Waals surface area contributed by atoms with Gasteiger partial charge < -0.3 is 10.8 Å². The average Bonchev–Trinajstić information content (AvgIpc) is 2.06. The number of anilines is 1. The smallest absolute Gasteiger partial charge is 0.337 e. The lowest BCUT2D eigenvalue weighted by Crippen LogP contribution is -2.07. The van der Waals surface area contributed by atoms with E-state index in [1.165, 1.54) is 0 Å². The Morgan fingerprint density at radius 1 is 1.40 bits per heavy atom. The summed E-state index contributed by atoms with van der Waals surface area (Å²) < 4.78 is 30.2. The third-order valence-corrected chi connectivity index (χ3v) is 2.97. The molecule has 0 amide bonds. The fourth-order valence-corrected chi connectivity index (χ4v) is 1.89. The Morgan fingerprint density at radius 2 is 1.93 bits per heavy atom. The molecule has 0 saturated heterocycles. The molecule has 1 aromatic rings. The molecule has 0 radical (unpaired) electrons. The zero-order valence-corrected chi connectivity index (χ0v) is 8.71. The van der Waals surface area contributed by atoms with Gasteiger partial charge in [0.2, 0.25) is 0 Å². The van der Waals surface area contributed by atoms with Crippen molar-refractivity contribution in [2.45, 2.75) is 4.90 Å². The number of halogens is 1. The predicted molar refractivity (Wildman–Crippen MR) is 52.6 cm³/mol. The van der Waals surface area contributed by atoms with Gasteiger partial charge in [0, 0.05) is 0 Å². The number of carboxylic acids is 1. The molecule has 0 fully saturated rings. The van der Waals surface area contributed by atoms with Gasteiger partial charge in [0.15, 0.2) is 0 Å². The second kappa shape index (κ2) is 3.69. The molecule has 0 heterocycles. The van der Waals surface area contributed by atoms with Crippen LogP contribution in [0.1, 0.15) is 10.4 Å². The molecule has 0 aromatic heterocycles. The number of hydrogen-bond donors (Lipinski definition) is 3. The lowest BCUT2D eigenvalue weighted by atomic mass is 10.2. The van der Waals surface area contributed by atoms with Gasteiger partial charge in [-0.05, 0) is 12.1 Å². The van der Waals surface area contributed by atoms with Crippen LogP contribution in [0, 0.1) is 0 Å². The first-order valence-corrected chi connectivity index (χ1v) is 5.35. The summed E-state index contributed by atoms with van der Waals surface area (Å²) in [6.45, 7) is 0. The summed E-state index contributed by atoms with van der Waals surface area (Å²) in [5.41, 5.74) is 4.45. The number of carboxylic acid groups (broad SMARTS) is 1. The average molecular weight is 252 g/mol. The first-order chi connectivity index (χ1) is 6.75. The second-order valence-corrected chi connectivity index (χ2v) is 4.39. The van der Waals surface area contributed by atoms with Crippen LogP contribution < -0.4 is 5.73 Å². The summed E-state index contributed by atoms with van der Waals surface area (Å²) in [4.78, 5) is 9.97. The van der Waals surface area contributed by atoms with Crippen molar-refractivity contribution in [1.82, 2.24) is 0 Å². The first-order valence-electron chi connectivity index (χ1n) is 3.54. The molecule has 0 aliphatic heterocycles. The highest BCUT2D eigenvalue weighted by Gasteiger charge is 2.20. The Morgan fingerprint density at radius 3 is 2.33 bits per heavy atom. The minimum atomic E-state index is -4.50. The van der Waals surface area contributed by atoms with Crippen LogP contribution >= 0.6 is 11.6 Å². The van der Waals surface area contributed by atoms with Crippen molar-refractivity contribution in [2.75, 3.05) is 5.73 Å². The molecule has 4 N–H and O–H groups in total. The maximum absolute atomic E-state index is 10.8. The number of hydrogen-bond acceptors (Lipinski definition) is 4. The van der Waals surface area contributed by atoms with Gasteiger partial charge in [0.25, 0.3) is 10.1 Å². The van der Waals surface area contributed by atoms with Gasteiger partial charge in [-0.15, -0.1) is 0 Å². The van der Waals surface area contributed by atoms with Crippen molar-refractivity contribution in [3.63, 3.8) is 0 Å². The molecule has 0 unspecified atom stereocenters. The van der Waals surface area contributed by atoms with Crippen LogP contribution in [0.3, 0.4) is 0 Å². The fraction of sp³-hybridized carbons (Fsp3) is 0. The molecule has 1 aromatic carbocycles. The van der Waals surface area contributed by atoms with Crippen LogP contribution in [0.2, 0.25) is 5.02 Å². The normalized spacial score (nSPS) is 11.3. The molecule has 0 saturated carbocycles. The van der Waals surface area contributed by atoms with Gasteiger partial charge in [-0.25, -0.2) is 4.79 Å². The standard InChI is InChI=1S/C7H6ClNO5S/c8-5-3(7(10)11)1-2-4(6(5)9)15(12,13)14/h1-2H,9H2,(H,10,11)(H,12,13,14). The van der Waals surface area contributed by atoms with Crippen molar-refractivity contribution < 1.29 is 22.9 Å². The molecule has 6 nitrogen and oxygen atoms in total. The Hall–Kier alpha value is -1.31. The minimum Gasteiger partial charge on any atom is -0.478 e. The summed E-state index contributed by atoms with van der Waals surface area (Å²) in [6, 6.07) is 1.82. The monoisotopic (exact) mass is 251 g/mol. The van der Waals surface area contributed by atoms with Crippen LogP contribution in [-0.2, 0) is 10.1 Å². The molecule has 1 rings (SSSR count). The van der Waals surface area contributed by atoms with E-state index in [0.29, 0.717) is 0 Å². The molecule has 8 heteroatoms. The highest BCUT2D eigenvalue weighted by Crippen LogP contribution is 2.29. The number of nitrogens with two attached hydrogens (primary N) is 1. The Balaban J connectivity index is 3.55. The molecule has 0 atom stereocenters. The SMILES string of the molecule is Nc1c(S(=O)(=O)O)ccc(C(=O)O)c1Cl. The van der Waals surface area contributed by atoms with E-state index in [4.69, 9.17) is 27.0 Å². The van der Waals surface area contributed by atoms with Crippen molar-refractivity contribution >= 4 is 33.4 Å². The van der Waals surface area contributed by atoms with E-state index in [1.54, 1.807) is 0 Å². The van der Waals surface area contributed by atoms with E-state index >= 15 is 0 Å². The summed E-state index contributed by atoms with van der Waals surface area (Å²) >= 11 is 5.52. The maximum Gasteiger partial charge on any atom is 0.337 e. The molecule has 0 aliphatic rings. The predicted octanol–water partition coefficient (Wildman–Crippen LogP) is 0.867. The lowest BCUT2D eigenvalue weighted by molar-refractivity contribution is 0.0697. The number of rotatable bonds is 2. The molecular formula is C7H6ClNO5S. The van der Waals surface area contributed by atoms with E-state index in [0.717, 1.165) is 12.1 Å². The lowest BCUT2D eigenvalue weighted by Gasteiger charge is -2.06. The van der Waals surface area contributed by atoms with Gasteiger partial charge in [-0.3, -0.25) is 4.55 Å². The second-order valence-electron chi connectivity index (χ2n) is 2.62. The first kappa shape index (κ1) is 11.8. The van der Waals surface area contributed by atoms with E-state index < -0.39 is 31.7 Å². The van der Waals surface area contributed by atoms with Crippen molar-refractivity contribution in [2.24, 2.45) is 0 Å². The van der Waals surface area contributed by atoms with Crippen molar-refractivity contribution in [3.8, 4) is 0 Å². The van der Waals surface area contributed by atoms with Crippen LogP contribution in [0.25, 0.3) is 0 Å². The molecule has 0 bridgehead atoms. The minimum absolute atomic E-state index is 0.332. The van der Waals surface area contributed by atoms with Gasteiger partial charge in [-0.2, -0.15) is 8.42 Å². The number of benzene rings is 1. The molecule has 0 spiro atoms. The number of aromatic carboxylic acids is 1. The van der Waals surface area contributed by atoms with E-state index in [2.05, 4.69) is 0 Å². The van der Waals surface area contributed by atoms with Crippen LogP contribution in [0.15, 0.2) is 17.0 Å². The van der Waals surface area contributed by atoms with Crippen molar-refractivity contribution in [3.05, 3.63) is 22.7 Å². The third-order valence-electron chi connectivity index (χ3n) is 1.65. The Kier molecular flexibility index (Phi) is 2.89. The Bertz CT molecular complexity index is 524. The zero-order valence-electron chi connectivity index (χ0n) is 7.14. The van der Waals surface area contributed by atoms with Gasteiger partial charge in [-0.1, -0.05) is 11.6 Å². The highest BCUT2D eigenvalue weighted by atomic mass is 35.5.